The molecule has 1 atom stereocenters. The van der Waals surface area contributed by atoms with E-state index in [0.717, 1.165) is 24.8 Å². The summed E-state index contributed by atoms with van der Waals surface area (Å²) in [6, 6.07) is 12.7. The molecule has 4 nitrogen and oxygen atoms in total. The van der Waals surface area contributed by atoms with Crippen LogP contribution >= 0.6 is 23.2 Å². The highest BCUT2D eigenvalue weighted by atomic mass is 35.5. The Morgan fingerprint density at radius 1 is 1.12 bits per heavy atom. The van der Waals surface area contributed by atoms with Gasteiger partial charge in [-0.1, -0.05) is 53.5 Å². The third-order valence-corrected chi connectivity index (χ3v) is 5.03. The Morgan fingerprint density at radius 2 is 1.92 bits per heavy atom. The van der Waals surface area contributed by atoms with Crippen LogP contribution in [0.3, 0.4) is 0 Å². The number of ether oxygens (including phenoxy) is 1. The summed E-state index contributed by atoms with van der Waals surface area (Å²) < 4.78 is 5.06. The molecule has 0 radical (unpaired) electrons. The maximum absolute atomic E-state index is 12.2. The van der Waals surface area contributed by atoms with E-state index < -0.39 is 5.97 Å². The SMILES string of the molecule is O=C(COC(=O)c1cccc(Cl)c1Cl)N[C@H]1CCCc2ccccc21. The van der Waals surface area contributed by atoms with Crippen LogP contribution in [-0.2, 0) is 16.0 Å². The summed E-state index contributed by atoms with van der Waals surface area (Å²) in [6.45, 7) is -0.361. The summed E-state index contributed by atoms with van der Waals surface area (Å²) in [5, 5.41) is 3.32. The van der Waals surface area contributed by atoms with E-state index in [1.54, 1.807) is 12.1 Å². The van der Waals surface area contributed by atoms with Crippen molar-refractivity contribution in [3.8, 4) is 0 Å². The van der Waals surface area contributed by atoms with Crippen LogP contribution < -0.4 is 5.32 Å². The minimum Gasteiger partial charge on any atom is -0.452 e. The van der Waals surface area contributed by atoms with E-state index in [-0.39, 0.29) is 34.2 Å². The van der Waals surface area contributed by atoms with Gasteiger partial charge in [0.25, 0.3) is 5.91 Å². The molecule has 25 heavy (non-hydrogen) atoms. The number of halogens is 2. The highest BCUT2D eigenvalue weighted by molar-refractivity contribution is 6.43. The summed E-state index contributed by atoms with van der Waals surface area (Å²) in [5.41, 5.74) is 2.53. The van der Waals surface area contributed by atoms with Crippen LogP contribution in [-0.4, -0.2) is 18.5 Å². The average molecular weight is 378 g/mol. The number of nitrogens with one attached hydrogen (secondary N) is 1. The van der Waals surface area contributed by atoms with Crippen LogP contribution in [0.2, 0.25) is 10.0 Å². The standard InChI is InChI=1S/C19H17Cl2NO3/c20-15-9-4-8-14(18(15)21)19(24)25-11-17(23)22-16-10-3-6-12-5-1-2-7-13(12)16/h1-2,4-5,7-9,16H,3,6,10-11H2,(H,22,23)/t16-/m0/s1. The van der Waals surface area contributed by atoms with Crippen LogP contribution in [0.25, 0.3) is 0 Å². The first-order chi connectivity index (χ1) is 12.1. The third kappa shape index (κ3) is 4.14. The lowest BCUT2D eigenvalue weighted by atomic mass is 9.88. The molecule has 0 fully saturated rings. The predicted molar refractivity (Wildman–Crippen MR) is 97.0 cm³/mol. The Hall–Kier alpha value is -2.04. The van der Waals surface area contributed by atoms with Crippen molar-refractivity contribution in [3.63, 3.8) is 0 Å². The molecule has 0 unspecified atom stereocenters. The highest BCUT2D eigenvalue weighted by Crippen LogP contribution is 2.29. The summed E-state index contributed by atoms with van der Waals surface area (Å²) in [4.78, 5) is 24.2. The molecular weight excluding hydrogens is 361 g/mol. The zero-order chi connectivity index (χ0) is 17.8. The molecule has 130 valence electrons. The maximum Gasteiger partial charge on any atom is 0.340 e. The second kappa shape index (κ2) is 7.89. The molecule has 3 rings (SSSR count). The minimum atomic E-state index is -0.674. The van der Waals surface area contributed by atoms with E-state index in [0.29, 0.717) is 0 Å². The van der Waals surface area contributed by atoms with Crippen LogP contribution in [0.5, 0.6) is 0 Å². The number of hydrogen-bond donors (Lipinski definition) is 1. The van der Waals surface area contributed by atoms with Crippen molar-refractivity contribution in [2.75, 3.05) is 6.61 Å². The molecule has 0 heterocycles. The first kappa shape index (κ1) is 17.8. The lowest BCUT2D eigenvalue weighted by molar-refractivity contribution is -0.125. The molecule has 0 spiro atoms. The number of fused-ring (bicyclic) bond motifs is 1. The molecule has 1 N–H and O–H groups in total. The van der Waals surface area contributed by atoms with Gasteiger partial charge in [0.05, 0.1) is 21.7 Å². The zero-order valence-electron chi connectivity index (χ0n) is 13.4. The van der Waals surface area contributed by atoms with Crippen molar-refractivity contribution in [1.29, 1.82) is 0 Å². The Morgan fingerprint density at radius 3 is 2.76 bits per heavy atom. The number of hydrogen-bond acceptors (Lipinski definition) is 3. The molecule has 0 saturated heterocycles. The highest BCUT2D eigenvalue weighted by Gasteiger charge is 2.22. The van der Waals surface area contributed by atoms with E-state index in [1.165, 1.54) is 11.6 Å². The van der Waals surface area contributed by atoms with Crippen LogP contribution in [0.4, 0.5) is 0 Å². The molecule has 1 aliphatic carbocycles. The van der Waals surface area contributed by atoms with E-state index >= 15 is 0 Å². The third-order valence-electron chi connectivity index (χ3n) is 4.21. The molecule has 2 aromatic rings. The first-order valence-corrected chi connectivity index (χ1v) is 8.80. The van der Waals surface area contributed by atoms with Gasteiger partial charge in [-0.15, -0.1) is 0 Å². The molecular formula is C19H17Cl2NO3. The Balaban J connectivity index is 1.59. The minimum absolute atomic E-state index is 0.0501. The fraction of sp³-hybridized carbons (Fsp3) is 0.263. The van der Waals surface area contributed by atoms with Gasteiger partial charge in [-0.25, -0.2) is 4.79 Å². The molecule has 6 heteroatoms. The summed E-state index contributed by atoms with van der Waals surface area (Å²) in [6.07, 6.45) is 2.90. The van der Waals surface area contributed by atoms with Crippen molar-refractivity contribution >= 4 is 35.1 Å². The van der Waals surface area contributed by atoms with Crippen molar-refractivity contribution < 1.29 is 14.3 Å². The fourth-order valence-corrected chi connectivity index (χ4v) is 3.39. The summed E-state index contributed by atoms with van der Waals surface area (Å²) in [5.74, 6) is -1.01. The van der Waals surface area contributed by atoms with Crippen molar-refractivity contribution in [2.45, 2.75) is 25.3 Å². The largest absolute Gasteiger partial charge is 0.452 e. The van der Waals surface area contributed by atoms with Gasteiger partial charge in [0, 0.05) is 0 Å². The summed E-state index contributed by atoms with van der Waals surface area (Å²) in [7, 11) is 0. The average Bonchev–Trinajstić information content (AvgIpc) is 2.62. The number of esters is 1. The number of carbonyl (C=O) groups excluding carboxylic acids is 2. The topological polar surface area (TPSA) is 55.4 Å². The molecule has 1 amide bonds. The molecule has 1 aliphatic rings. The van der Waals surface area contributed by atoms with Gasteiger partial charge in [-0.3, -0.25) is 4.79 Å². The van der Waals surface area contributed by atoms with Gasteiger partial charge < -0.3 is 10.1 Å². The molecule has 0 saturated carbocycles. The zero-order valence-corrected chi connectivity index (χ0v) is 14.9. The smallest absolute Gasteiger partial charge is 0.340 e. The second-order valence-electron chi connectivity index (χ2n) is 5.89. The van der Waals surface area contributed by atoms with Crippen LogP contribution in [0.1, 0.15) is 40.4 Å². The van der Waals surface area contributed by atoms with E-state index in [1.807, 2.05) is 18.2 Å². The number of aryl methyl sites for hydroxylation is 1. The number of rotatable bonds is 4. The fourth-order valence-electron chi connectivity index (χ4n) is 3.01. The van der Waals surface area contributed by atoms with Crippen molar-refractivity contribution in [1.82, 2.24) is 5.32 Å². The lowest BCUT2D eigenvalue weighted by Crippen LogP contribution is -2.34. The number of carbonyl (C=O) groups is 2. The Labute approximate surface area is 156 Å². The Kier molecular flexibility index (Phi) is 5.61. The van der Waals surface area contributed by atoms with Crippen molar-refractivity contribution in [2.24, 2.45) is 0 Å². The number of amides is 1. The van der Waals surface area contributed by atoms with Gasteiger partial charge in [-0.05, 0) is 42.5 Å². The molecule has 2 aromatic carbocycles. The van der Waals surface area contributed by atoms with Crippen molar-refractivity contribution in [3.05, 3.63) is 69.2 Å². The second-order valence-corrected chi connectivity index (χ2v) is 6.67. The number of benzene rings is 2. The summed E-state index contributed by atoms with van der Waals surface area (Å²) >= 11 is 11.9. The van der Waals surface area contributed by atoms with E-state index in [9.17, 15) is 9.59 Å². The van der Waals surface area contributed by atoms with Gasteiger partial charge in [0.1, 0.15) is 0 Å². The molecule has 0 aliphatic heterocycles. The molecule has 0 aromatic heterocycles. The normalized spacial score (nSPS) is 16.0. The quantitative estimate of drug-likeness (QED) is 0.806. The van der Waals surface area contributed by atoms with E-state index in [2.05, 4.69) is 11.4 Å². The van der Waals surface area contributed by atoms with Gasteiger partial charge >= 0.3 is 5.97 Å². The first-order valence-electron chi connectivity index (χ1n) is 8.04. The monoisotopic (exact) mass is 377 g/mol. The van der Waals surface area contributed by atoms with Crippen LogP contribution in [0, 0.1) is 0 Å². The van der Waals surface area contributed by atoms with Crippen LogP contribution in [0.15, 0.2) is 42.5 Å². The predicted octanol–water partition coefficient (Wildman–Crippen LogP) is 4.34. The lowest BCUT2D eigenvalue weighted by Gasteiger charge is -2.26. The van der Waals surface area contributed by atoms with Gasteiger partial charge in [0.2, 0.25) is 0 Å². The Bertz CT molecular complexity index is 807. The van der Waals surface area contributed by atoms with Gasteiger partial charge in [-0.2, -0.15) is 0 Å². The van der Waals surface area contributed by atoms with Gasteiger partial charge in [0.15, 0.2) is 6.61 Å². The maximum atomic E-state index is 12.2. The molecule has 0 bridgehead atoms. The van der Waals surface area contributed by atoms with E-state index in [4.69, 9.17) is 27.9 Å².